The van der Waals surface area contributed by atoms with Crippen molar-refractivity contribution in [3.05, 3.63) is 28.8 Å². The Morgan fingerprint density at radius 3 is 2.85 bits per heavy atom. The molecule has 1 aliphatic rings. The van der Waals surface area contributed by atoms with Gasteiger partial charge in [0.25, 0.3) is 0 Å². The predicted octanol–water partition coefficient (Wildman–Crippen LogP) is 2.29. The van der Waals surface area contributed by atoms with Gasteiger partial charge in [-0.25, -0.2) is 9.59 Å². The molecule has 7 heteroatoms. The van der Waals surface area contributed by atoms with Gasteiger partial charge in [-0.3, -0.25) is 0 Å². The van der Waals surface area contributed by atoms with Gasteiger partial charge < -0.3 is 20.1 Å². The van der Waals surface area contributed by atoms with E-state index in [1.54, 1.807) is 12.0 Å². The third kappa shape index (κ3) is 3.20. The average molecular weight is 299 g/mol. The number of carbonyl (C=O) groups is 2. The lowest BCUT2D eigenvalue weighted by Gasteiger charge is -2.18. The summed E-state index contributed by atoms with van der Waals surface area (Å²) in [5.74, 6) is -1.14. The lowest BCUT2D eigenvalue weighted by molar-refractivity contribution is 0.0698. The molecule has 0 bridgehead atoms. The van der Waals surface area contributed by atoms with Gasteiger partial charge in [0.2, 0.25) is 0 Å². The van der Waals surface area contributed by atoms with Gasteiger partial charge >= 0.3 is 12.0 Å². The molecule has 1 aromatic carbocycles. The molecule has 2 rings (SSSR count). The SMILES string of the molecule is COC1CCN(C(=O)Nc2ccc(Cl)cc2C(=O)O)C1. The monoisotopic (exact) mass is 298 g/mol. The van der Waals surface area contributed by atoms with E-state index in [9.17, 15) is 9.59 Å². The van der Waals surface area contributed by atoms with Crippen LogP contribution in [-0.4, -0.2) is 48.3 Å². The van der Waals surface area contributed by atoms with Gasteiger partial charge in [0.05, 0.1) is 17.4 Å². The van der Waals surface area contributed by atoms with E-state index in [1.807, 2.05) is 0 Å². The number of likely N-dealkylation sites (tertiary alicyclic amines) is 1. The average Bonchev–Trinajstić information content (AvgIpc) is 2.89. The zero-order chi connectivity index (χ0) is 14.7. The van der Waals surface area contributed by atoms with Crippen molar-refractivity contribution in [3.8, 4) is 0 Å². The number of aromatic carboxylic acids is 1. The van der Waals surface area contributed by atoms with E-state index in [1.165, 1.54) is 18.2 Å². The Morgan fingerprint density at radius 1 is 1.50 bits per heavy atom. The number of urea groups is 1. The summed E-state index contributed by atoms with van der Waals surface area (Å²) in [5, 5.41) is 12.0. The standard InChI is InChI=1S/C13H15ClN2O4/c1-20-9-4-5-16(7-9)13(19)15-11-3-2-8(14)6-10(11)12(17)18/h2-3,6,9H,4-5,7H2,1H3,(H,15,19)(H,17,18). The molecule has 1 unspecified atom stereocenters. The highest BCUT2D eigenvalue weighted by molar-refractivity contribution is 6.31. The van der Waals surface area contributed by atoms with Crippen molar-refractivity contribution < 1.29 is 19.4 Å². The van der Waals surface area contributed by atoms with Crippen LogP contribution >= 0.6 is 11.6 Å². The topological polar surface area (TPSA) is 78.9 Å². The number of hydrogen-bond donors (Lipinski definition) is 2. The molecule has 2 amide bonds. The molecule has 20 heavy (non-hydrogen) atoms. The fraction of sp³-hybridized carbons (Fsp3) is 0.385. The smallest absolute Gasteiger partial charge is 0.337 e. The number of rotatable bonds is 3. The van der Waals surface area contributed by atoms with E-state index in [0.717, 1.165) is 6.42 Å². The normalized spacial score (nSPS) is 18.1. The first-order valence-corrected chi connectivity index (χ1v) is 6.50. The van der Waals surface area contributed by atoms with Crippen LogP contribution in [0, 0.1) is 0 Å². The molecule has 2 N–H and O–H groups in total. The first-order valence-electron chi connectivity index (χ1n) is 6.13. The van der Waals surface area contributed by atoms with Crippen LogP contribution in [0.25, 0.3) is 0 Å². The van der Waals surface area contributed by atoms with E-state index >= 15 is 0 Å². The van der Waals surface area contributed by atoms with Crippen LogP contribution in [0.2, 0.25) is 5.02 Å². The number of ether oxygens (including phenoxy) is 1. The highest BCUT2D eigenvalue weighted by Crippen LogP contribution is 2.22. The van der Waals surface area contributed by atoms with Crippen LogP contribution < -0.4 is 5.32 Å². The molecule has 0 radical (unpaired) electrons. The van der Waals surface area contributed by atoms with E-state index in [4.69, 9.17) is 21.4 Å². The number of carboxylic acids is 1. The fourth-order valence-electron chi connectivity index (χ4n) is 2.10. The molecule has 0 aliphatic carbocycles. The van der Waals surface area contributed by atoms with Gasteiger partial charge in [-0.05, 0) is 24.6 Å². The number of nitrogens with zero attached hydrogens (tertiary/aromatic N) is 1. The largest absolute Gasteiger partial charge is 0.478 e. The highest BCUT2D eigenvalue weighted by Gasteiger charge is 2.26. The van der Waals surface area contributed by atoms with Crippen LogP contribution in [-0.2, 0) is 4.74 Å². The number of benzene rings is 1. The summed E-state index contributed by atoms with van der Waals surface area (Å²) >= 11 is 5.76. The number of carbonyl (C=O) groups excluding carboxylic acids is 1. The molecule has 1 atom stereocenters. The van der Waals surface area contributed by atoms with Gasteiger partial charge in [-0.1, -0.05) is 11.6 Å². The lowest BCUT2D eigenvalue weighted by atomic mass is 10.2. The van der Waals surface area contributed by atoms with Crippen LogP contribution in [0.15, 0.2) is 18.2 Å². The molecule has 1 fully saturated rings. The lowest BCUT2D eigenvalue weighted by Crippen LogP contribution is -2.34. The summed E-state index contributed by atoms with van der Waals surface area (Å²) in [6.45, 7) is 1.08. The number of hydrogen-bond acceptors (Lipinski definition) is 3. The van der Waals surface area contributed by atoms with E-state index in [0.29, 0.717) is 18.1 Å². The molecule has 6 nitrogen and oxygen atoms in total. The van der Waals surface area contributed by atoms with E-state index in [2.05, 4.69) is 5.32 Å². The second-order valence-electron chi connectivity index (χ2n) is 4.52. The quantitative estimate of drug-likeness (QED) is 0.897. The van der Waals surface area contributed by atoms with Crippen molar-refractivity contribution in [1.82, 2.24) is 4.90 Å². The summed E-state index contributed by atoms with van der Waals surface area (Å²) in [5.41, 5.74) is 0.195. The first-order chi connectivity index (χ1) is 9.51. The second-order valence-corrected chi connectivity index (χ2v) is 4.95. The summed E-state index contributed by atoms with van der Waals surface area (Å²) < 4.78 is 5.19. The van der Waals surface area contributed by atoms with Crippen molar-refractivity contribution in [2.75, 3.05) is 25.5 Å². The van der Waals surface area contributed by atoms with Gasteiger partial charge in [-0.15, -0.1) is 0 Å². The zero-order valence-electron chi connectivity index (χ0n) is 10.9. The Kier molecular flexibility index (Phi) is 4.46. The minimum atomic E-state index is -1.14. The number of methoxy groups -OCH3 is 1. The number of halogens is 1. The van der Waals surface area contributed by atoms with E-state index in [-0.39, 0.29) is 23.4 Å². The van der Waals surface area contributed by atoms with Crippen molar-refractivity contribution in [1.29, 1.82) is 0 Å². The predicted molar refractivity (Wildman–Crippen MR) is 74.4 cm³/mol. The molecule has 1 heterocycles. The van der Waals surface area contributed by atoms with Gasteiger partial charge in [0, 0.05) is 25.2 Å². The molecule has 0 spiro atoms. The molecule has 1 aromatic rings. The molecule has 1 saturated heterocycles. The fourth-order valence-corrected chi connectivity index (χ4v) is 2.27. The maximum atomic E-state index is 12.1. The molecular formula is C13H15ClN2O4. The molecule has 108 valence electrons. The van der Waals surface area contributed by atoms with Crippen LogP contribution in [0.1, 0.15) is 16.8 Å². The molecule has 1 aliphatic heterocycles. The minimum absolute atomic E-state index is 0.0323. The van der Waals surface area contributed by atoms with Crippen LogP contribution in [0.4, 0.5) is 10.5 Å². The minimum Gasteiger partial charge on any atom is -0.478 e. The Morgan fingerprint density at radius 2 is 2.25 bits per heavy atom. The Balaban J connectivity index is 2.10. The maximum Gasteiger partial charge on any atom is 0.337 e. The Hall–Kier alpha value is -1.79. The zero-order valence-corrected chi connectivity index (χ0v) is 11.7. The van der Waals surface area contributed by atoms with Crippen molar-refractivity contribution in [3.63, 3.8) is 0 Å². The number of carboxylic acid groups (broad SMARTS) is 1. The van der Waals surface area contributed by atoms with Crippen molar-refractivity contribution in [2.24, 2.45) is 0 Å². The Bertz CT molecular complexity index is 535. The van der Waals surface area contributed by atoms with Crippen molar-refractivity contribution >= 4 is 29.3 Å². The summed E-state index contributed by atoms with van der Waals surface area (Å²) in [6, 6.07) is 3.98. The van der Waals surface area contributed by atoms with Gasteiger partial charge in [0.15, 0.2) is 0 Å². The Labute approximate surface area is 121 Å². The van der Waals surface area contributed by atoms with Crippen LogP contribution in [0.3, 0.4) is 0 Å². The van der Waals surface area contributed by atoms with Gasteiger partial charge in [0.1, 0.15) is 0 Å². The number of anilines is 1. The summed E-state index contributed by atoms with van der Waals surface area (Å²) in [6.07, 6.45) is 0.806. The third-order valence-electron chi connectivity index (χ3n) is 3.22. The number of amides is 2. The van der Waals surface area contributed by atoms with Crippen molar-refractivity contribution in [2.45, 2.75) is 12.5 Å². The number of nitrogens with one attached hydrogen (secondary N) is 1. The van der Waals surface area contributed by atoms with E-state index < -0.39 is 5.97 Å². The maximum absolute atomic E-state index is 12.1. The molecule has 0 aromatic heterocycles. The van der Waals surface area contributed by atoms with Gasteiger partial charge in [-0.2, -0.15) is 0 Å². The first kappa shape index (κ1) is 14.6. The second kappa shape index (κ2) is 6.11. The third-order valence-corrected chi connectivity index (χ3v) is 3.45. The molecular weight excluding hydrogens is 284 g/mol. The molecule has 0 saturated carbocycles. The van der Waals surface area contributed by atoms with Crippen LogP contribution in [0.5, 0.6) is 0 Å². The summed E-state index contributed by atoms with van der Waals surface area (Å²) in [4.78, 5) is 24.8. The summed E-state index contributed by atoms with van der Waals surface area (Å²) in [7, 11) is 1.60. The highest BCUT2D eigenvalue weighted by atomic mass is 35.5.